The molecule has 0 aromatic heterocycles. The molecule has 0 aromatic carbocycles. The molecule has 1 rings (SSSR count). The molecule has 0 aromatic rings. The van der Waals surface area contributed by atoms with Crippen LogP contribution in [-0.2, 0) is 9.53 Å². The van der Waals surface area contributed by atoms with Gasteiger partial charge in [0.2, 0.25) is 0 Å². The highest BCUT2D eigenvalue weighted by Crippen LogP contribution is 2.37. The first-order valence-corrected chi connectivity index (χ1v) is 7.49. The Morgan fingerprint density at radius 1 is 1.59 bits per heavy atom. The van der Waals surface area contributed by atoms with Crippen molar-refractivity contribution in [1.82, 2.24) is 0 Å². The van der Waals surface area contributed by atoms with Crippen LogP contribution in [0.2, 0.25) is 0 Å². The van der Waals surface area contributed by atoms with Gasteiger partial charge in [0.15, 0.2) is 0 Å². The molecule has 0 saturated heterocycles. The van der Waals surface area contributed by atoms with Gasteiger partial charge in [0.1, 0.15) is 3.42 Å². The minimum atomic E-state index is -0.518. The minimum absolute atomic E-state index is 0.132. The van der Waals surface area contributed by atoms with Gasteiger partial charge in [-0.05, 0) is 44.9 Å². The molecular formula is C13H23IO3. The molecule has 1 aliphatic rings. The smallest absolute Gasteiger partial charge is 0.321 e. The Kier molecular flexibility index (Phi) is 5.25. The Hall–Kier alpha value is 0.160. The van der Waals surface area contributed by atoms with Crippen molar-refractivity contribution in [3.63, 3.8) is 0 Å². The Balaban J connectivity index is 2.36. The van der Waals surface area contributed by atoms with Crippen molar-refractivity contribution < 1.29 is 14.6 Å². The third kappa shape index (κ3) is 4.09. The Morgan fingerprint density at radius 3 is 2.71 bits per heavy atom. The van der Waals surface area contributed by atoms with Crippen molar-refractivity contribution in [3.05, 3.63) is 0 Å². The first-order chi connectivity index (χ1) is 7.83. The van der Waals surface area contributed by atoms with E-state index in [4.69, 9.17) is 4.74 Å². The molecule has 3 unspecified atom stereocenters. The van der Waals surface area contributed by atoms with Gasteiger partial charge >= 0.3 is 5.97 Å². The van der Waals surface area contributed by atoms with E-state index in [0.717, 1.165) is 32.1 Å². The lowest BCUT2D eigenvalue weighted by atomic mass is 9.98. The molecule has 0 heterocycles. The van der Waals surface area contributed by atoms with E-state index in [2.05, 4.69) is 22.6 Å². The maximum absolute atomic E-state index is 11.8. The Bertz CT molecular complexity index is 278. The van der Waals surface area contributed by atoms with Gasteiger partial charge in [0.05, 0.1) is 12.2 Å². The summed E-state index contributed by atoms with van der Waals surface area (Å²) >= 11 is 2.14. The molecule has 1 fully saturated rings. The molecule has 3 atom stereocenters. The fourth-order valence-corrected chi connectivity index (χ4v) is 2.32. The standard InChI is InChI=1S/C13H23IO3/c1-4-12(3,14)11(15)17-9-10-6-7-13(16,5-2)8-10/h10,16H,4-9H2,1-3H3. The van der Waals surface area contributed by atoms with Crippen LogP contribution in [0.1, 0.15) is 52.9 Å². The zero-order chi connectivity index (χ0) is 13.1. The lowest BCUT2D eigenvalue weighted by Gasteiger charge is -2.22. The Morgan fingerprint density at radius 2 is 2.24 bits per heavy atom. The second kappa shape index (κ2) is 5.87. The molecule has 3 nitrogen and oxygen atoms in total. The SMILES string of the molecule is CCC1(O)CCC(COC(=O)C(C)(I)CC)C1. The quantitative estimate of drug-likeness (QED) is 0.469. The number of esters is 1. The van der Waals surface area contributed by atoms with Crippen LogP contribution in [0.15, 0.2) is 0 Å². The average Bonchev–Trinajstić information content (AvgIpc) is 2.69. The van der Waals surface area contributed by atoms with Gasteiger partial charge < -0.3 is 9.84 Å². The molecule has 1 aliphatic carbocycles. The zero-order valence-electron chi connectivity index (χ0n) is 11.0. The number of aliphatic hydroxyl groups is 1. The number of hydrogen-bond donors (Lipinski definition) is 1. The maximum atomic E-state index is 11.8. The maximum Gasteiger partial charge on any atom is 0.321 e. The summed E-state index contributed by atoms with van der Waals surface area (Å²) in [6, 6.07) is 0. The molecule has 0 spiro atoms. The fraction of sp³-hybridized carbons (Fsp3) is 0.923. The second-order valence-corrected chi connectivity index (χ2v) is 7.72. The van der Waals surface area contributed by atoms with Gasteiger partial charge in [-0.25, -0.2) is 0 Å². The van der Waals surface area contributed by atoms with E-state index < -0.39 is 9.02 Å². The van der Waals surface area contributed by atoms with E-state index in [0.29, 0.717) is 12.5 Å². The van der Waals surface area contributed by atoms with E-state index in [1.165, 1.54) is 0 Å². The van der Waals surface area contributed by atoms with Gasteiger partial charge in [0.25, 0.3) is 0 Å². The molecule has 0 radical (unpaired) electrons. The normalized spacial score (nSPS) is 32.2. The number of carbonyl (C=O) groups excluding carboxylic acids is 1. The van der Waals surface area contributed by atoms with Gasteiger partial charge in [-0.2, -0.15) is 0 Å². The molecule has 0 amide bonds. The number of rotatable bonds is 5. The summed E-state index contributed by atoms with van der Waals surface area (Å²) in [7, 11) is 0. The van der Waals surface area contributed by atoms with Crippen molar-refractivity contribution in [2.24, 2.45) is 5.92 Å². The van der Waals surface area contributed by atoms with Crippen molar-refractivity contribution in [2.75, 3.05) is 6.61 Å². The zero-order valence-corrected chi connectivity index (χ0v) is 13.1. The molecular weight excluding hydrogens is 331 g/mol. The topological polar surface area (TPSA) is 46.5 Å². The number of hydrogen-bond acceptors (Lipinski definition) is 3. The summed E-state index contributed by atoms with van der Waals surface area (Å²) < 4.78 is 4.94. The summed E-state index contributed by atoms with van der Waals surface area (Å²) in [5.41, 5.74) is -0.518. The predicted molar refractivity (Wildman–Crippen MR) is 76.3 cm³/mol. The number of ether oxygens (including phenoxy) is 1. The van der Waals surface area contributed by atoms with Crippen LogP contribution in [0.3, 0.4) is 0 Å². The highest BCUT2D eigenvalue weighted by Gasteiger charge is 2.37. The van der Waals surface area contributed by atoms with Crippen LogP contribution in [0.4, 0.5) is 0 Å². The van der Waals surface area contributed by atoms with Crippen molar-refractivity contribution in [2.45, 2.75) is 61.9 Å². The van der Waals surface area contributed by atoms with E-state index in [9.17, 15) is 9.90 Å². The van der Waals surface area contributed by atoms with Gasteiger partial charge in [-0.3, -0.25) is 4.79 Å². The van der Waals surface area contributed by atoms with E-state index >= 15 is 0 Å². The summed E-state index contributed by atoms with van der Waals surface area (Å²) in [6.45, 7) is 6.35. The van der Waals surface area contributed by atoms with Gasteiger partial charge in [-0.1, -0.05) is 36.4 Å². The van der Waals surface area contributed by atoms with E-state index in [1.54, 1.807) is 0 Å². The molecule has 4 heteroatoms. The highest BCUT2D eigenvalue weighted by molar-refractivity contribution is 14.1. The molecule has 17 heavy (non-hydrogen) atoms. The predicted octanol–water partition coefficient (Wildman–Crippen LogP) is 3.07. The summed E-state index contributed by atoms with van der Waals surface area (Å²) in [4.78, 5) is 11.8. The molecule has 0 bridgehead atoms. The largest absolute Gasteiger partial charge is 0.464 e. The first-order valence-electron chi connectivity index (χ1n) is 6.41. The van der Waals surface area contributed by atoms with Crippen molar-refractivity contribution in [3.8, 4) is 0 Å². The highest BCUT2D eigenvalue weighted by atomic mass is 127. The lowest BCUT2D eigenvalue weighted by molar-refractivity contribution is -0.147. The van der Waals surface area contributed by atoms with Crippen LogP contribution in [-0.4, -0.2) is 26.7 Å². The minimum Gasteiger partial charge on any atom is -0.464 e. The molecule has 1 N–H and O–H groups in total. The summed E-state index contributed by atoms with van der Waals surface area (Å²) in [5, 5.41) is 10.1. The van der Waals surface area contributed by atoms with Gasteiger partial charge in [0, 0.05) is 0 Å². The van der Waals surface area contributed by atoms with Crippen LogP contribution < -0.4 is 0 Å². The lowest BCUT2D eigenvalue weighted by Crippen LogP contribution is -2.31. The van der Waals surface area contributed by atoms with E-state index in [1.807, 2.05) is 20.8 Å². The van der Waals surface area contributed by atoms with Crippen LogP contribution in [0.25, 0.3) is 0 Å². The van der Waals surface area contributed by atoms with Crippen LogP contribution in [0, 0.1) is 5.92 Å². The number of halogens is 1. The van der Waals surface area contributed by atoms with E-state index in [-0.39, 0.29) is 5.97 Å². The summed E-state index contributed by atoms with van der Waals surface area (Å²) in [6.07, 6.45) is 4.12. The van der Waals surface area contributed by atoms with Crippen molar-refractivity contribution in [1.29, 1.82) is 0 Å². The van der Waals surface area contributed by atoms with Crippen molar-refractivity contribution >= 4 is 28.6 Å². The van der Waals surface area contributed by atoms with Gasteiger partial charge in [-0.15, -0.1) is 0 Å². The number of carbonyl (C=O) groups is 1. The fourth-order valence-electron chi connectivity index (χ4n) is 2.17. The molecule has 1 saturated carbocycles. The molecule has 100 valence electrons. The summed E-state index contributed by atoms with van der Waals surface area (Å²) in [5.74, 6) is 0.195. The monoisotopic (exact) mass is 354 g/mol. The molecule has 0 aliphatic heterocycles. The number of alkyl halides is 1. The second-order valence-electron chi connectivity index (χ2n) is 5.34. The van der Waals surface area contributed by atoms with Crippen LogP contribution >= 0.6 is 22.6 Å². The third-order valence-electron chi connectivity index (χ3n) is 3.88. The third-order valence-corrected chi connectivity index (χ3v) is 5.09. The average molecular weight is 354 g/mol. The Labute approximate surface area is 117 Å². The van der Waals surface area contributed by atoms with Crippen LogP contribution in [0.5, 0.6) is 0 Å². The first kappa shape index (κ1) is 15.2.